The Morgan fingerprint density at radius 2 is 1.95 bits per heavy atom. The lowest BCUT2D eigenvalue weighted by molar-refractivity contribution is -0.132. The Morgan fingerprint density at radius 1 is 1.15 bits per heavy atom. The van der Waals surface area contributed by atoms with Gasteiger partial charge in [-0.05, 0) is 49.8 Å². The van der Waals surface area contributed by atoms with Gasteiger partial charge in [0.2, 0.25) is 17.6 Å². The molecule has 1 saturated carbocycles. The Labute approximate surface area is 239 Å². The first kappa shape index (κ1) is 26.2. The van der Waals surface area contributed by atoms with E-state index in [4.69, 9.17) is 21.3 Å². The Morgan fingerprint density at radius 3 is 2.73 bits per heavy atom. The summed E-state index contributed by atoms with van der Waals surface area (Å²) in [7, 11) is 3.42. The molecule has 4 fully saturated rings. The molecule has 4 aliphatic heterocycles. The topological polar surface area (TPSA) is 105 Å². The molecule has 1 aliphatic carbocycles. The van der Waals surface area contributed by atoms with Crippen molar-refractivity contribution in [3.8, 4) is 5.75 Å². The van der Waals surface area contributed by atoms with E-state index in [1.165, 1.54) is 10.8 Å². The molecular formula is C28H30ClF2N7O3. The average Bonchev–Trinajstić information content (AvgIpc) is 3.81. The molecular weight excluding hydrogens is 556 g/mol. The van der Waals surface area contributed by atoms with Crippen LogP contribution in [0.5, 0.6) is 5.75 Å². The van der Waals surface area contributed by atoms with Crippen molar-refractivity contribution in [3.63, 3.8) is 0 Å². The summed E-state index contributed by atoms with van der Waals surface area (Å²) in [4.78, 5) is 38.8. The molecule has 216 valence electrons. The molecule has 6 heterocycles. The van der Waals surface area contributed by atoms with E-state index < -0.39 is 24.1 Å². The highest BCUT2D eigenvalue weighted by Crippen LogP contribution is 2.45. The summed E-state index contributed by atoms with van der Waals surface area (Å²) in [5.41, 5.74) is 0.953. The zero-order chi connectivity index (χ0) is 28.6. The van der Waals surface area contributed by atoms with E-state index in [9.17, 15) is 18.4 Å². The van der Waals surface area contributed by atoms with Gasteiger partial charge in [-0.1, -0.05) is 11.6 Å². The predicted molar refractivity (Wildman–Crippen MR) is 152 cm³/mol. The molecule has 8 rings (SSSR count). The van der Waals surface area contributed by atoms with Crippen LogP contribution in [0.15, 0.2) is 29.2 Å². The van der Waals surface area contributed by atoms with Crippen molar-refractivity contribution >= 4 is 51.6 Å². The van der Waals surface area contributed by atoms with Crippen LogP contribution in [0.2, 0.25) is 5.02 Å². The van der Waals surface area contributed by atoms with Gasteiger partial charge in [0.05, 0.1) is 29.4 Å². The number of carbonyl (C=O) groups is 1. The smallest absolute Gasteiger partial charge is 0.301 e. The number of nitrogens with one attached hydrogen (secondary N) is 2. The van der Waals surface area contributed by atoms with Crippen molar-refractivity contribution in [2.75, 3.05) is 42.3 Å². The van der Waals surface area contributed by atoms with Crippen LogP contribution in [0.3, 0.4) is 0 Å². The fourth-order valence-corrected chi connectivity index (χ4v) is 6.53. The fourth-order valence-electron chi connectivity index (χ4n) is 6.39. The Kier molecular flexibility index (Phi) is 6.04. The van der Waals surface area contributed by atoms with Crippen molar-refractivity contribution in [3.05, 3.63) is 39.8 Å². The second kappa shape index (κ2) is 9.43. The van der Waals surface area contributed by atoms with Crippen molar-refractivity contribution in [2.45, 2.75) is 43.7 Å². The molecule has 3 aromatic rings. The van der Waals surface area contributed by atoms with Crippen LogP contribution >= 0.6 is 11.6 Å². The number of nitrogens with zero attached hydrogens (tertiary/aromatic N) is 5. The molecule has 5 aliphatic rings. The van der Waals surface area contributed by atoms with Crippen molar-refractivity contribution in [1.82, 2.24) is 19.4 Å². The van der Waals surface area contributed by atoms with E-state index in [2.05, 4.69) is 20.5 Å². The molecule has 0 spiro atoms. The lowest BCUT2D eigenvalue weighted by atomic mass is 9.95. The number of pyridine rings is 1. The molecule has 1 aromatic carbocycles. The average molecular weight is 586 g/mol. The number of carbonyl (C=O) groups excluding carboxylic acids is 1. The number of amides is 1. The molecule has 41 heavy (non-hydrogen) atoms. The summed E-state index contributed by atoms with van der Waals surface area (Å²) < 4.78 is 36.8. The molecule has 1 unspecified atom stereocenters. The van der Waals surface area contributed by atoms with Crippen LogP contribution in [0.25, 0.3) is 10.9 Å². The van der Waals surface area contributed by atoms with Gasteiger partial charge in [0, 0.05) is 44.3 Å². The standard InChI is InChI=1S/C28H30ClF2N7O3/c1-36-12-17-7-5-15(25(36)39)11-38(17)27-32-10-19(29)24(35-27)33-16-6-8-20-18(9-16)21-22(26(40)37(20)2)41-13-28(30,31)23(34-21)14-3-4-14/h6,8-10,14-15,17,23,34H,3-5,7,11-13H2,1-2H3,(H,32,33,35)/t15?,17-,23+/m1/s1. The Bertz CT molecular complexity index is 1630. The van der Waals surface area contributed by atoms with Crippen LogP contribution < -0.4 is 25.8 Å². The highest BCUT2D eigenvalue weighted by atomic mass is 35.5. The third-order valence-corrected chi connectivity index (χ3v) is 9.05. The maximum Gasteiger partial charge on any atom is 0.301 e. The number of halogens is 3. The first-order chi connectivity index (χ1) is 19.6. The Balaban J connectivity index is 1.25. The molecule has 3 atom stereocenters. The Hall–Kier alpha value is -3.67. The molecule has 2 N–H and O–H groups in total. The van der Waals surface area contributed by atoms with Crippen LogP contribution in [0.4, 0.5) is 31.9 Å². The lowest BCUT2D eigenvalue weighted by Crippen LogP contribution is -2.44. The van der Waals surface area contributed by atoms with Gasteiger partial charge in [0.1, 0.15) is 5.02 Å². The molecule has 13 heteroatoms. The number of anilines is 4. The third kappa shape index (κ3) is 4.43. The minimum atomic E-state index is -3.12. The van der Waals surface area contributed by atoms with Gasteiger partial charge in [-0.2, -0.15) is 4.98 Å². The maximum absolute atomic E-state index is 15.0. The SMILES string of the molecule is CN1C[C@H]2CCC(CN2c2ncc(Cl)c(Nc3ccc4c(c3)c3c(c(=O)n4C)OCC(F)(F)[C@H](C4CC4)N3)n2)C1=O. The first-order valence-corrected chi connectivity index (χ1v) is 14.2. The molecule has 0 radical (unpaired) electrons. The predicted octanol–water partition coefficient (Wildman–Crippen LogP) is 4.00. The van der Waals surface area contributed by atoms with Gasteiger partial charge in [-0.15, -0.1) is 0 Å². The second-order valence-electron chi connectivity index (χ2n) is 11.6. The first-order valence-electron chi connectivity index (χ1n) is 13.9. The number of aryl methyl sites for hydroxylation is 1. The zero-order valence-corrected chi connectivity index (χ0v) is 23.4. The van der Waals surface area contributed by atoms with E-state index in [-0.39, 0.29) is 35.2 Å². The van der Waals surface area contributed by atoms with Gasteiger partial charge >= 0.3 is 5.92 Å². The van der Waals surface area contributed by atoms with Gasteiger partial charge in [-0.25, -0.2) is 13.8 Å². The van der Waals surface area contributed by atoms with E-state index in [0.717, 1.165) is 12.8 Å². The number of fused-ring (bicyclic) bond motifs is 7. The van der Waals surface area contributed by atoms with Gasteiger partial charge in [0.25, 0.3) is 5.56 Å². The van der Waals surface area contributed by atoms with Gasteiger partial charge in [0.15, 0.2) is 12.4 Å². The van der Waals surface area contributed by atoms with E-state index >= 15 is 0 Å². The number of likely N-dealkylation sites (N-methyl/N-ethyl adjacent to an activating group) is 1. The fraction of sp³-hybridized carbons (Fsp3) is 0.500. The highest BCUT2D eigenvalue weighted by Gasteiger charge is 2.51. The molecule has 1 amide bonds. The van der Waals surface area contributed by atoms with Crippen molar-refractivity contribution in [1.29, 1.82) is 0 Å². The number of aromatic nitrogens is 3. The number of piperidine rings is 1. The summed E-state index contributed by atoms with van der Waals surface area (Å²) in [6.07, 6.45) is 4.66. The quantitative estimate of drug-likeness (QED) is 0.474. The van der Waals surface area contributed by atoms with Crippen LogP contribution in [0, 0.1) is 11.8 Å². The third-order valence-electron chi connectivity index (χ3n) is 8.78. The maximum atomic E-state index is 15.0. The summed E-state index contributed by atoms with van der Waals surface area (Å²) in [6.45, 7) is 0.296. The lowest BCUT2D eigenvalue weighted by Gasteiger charge is -2.35. The summed E-state index contributed by atoms with van der Waals surface area (Å²) in [6, 6.07) is 4.29. The molecule has 2 aromatic heterocycles. The number of hydrogen-bond acceptors (Lipinski definition) is 8. The molecule has 10 nitrogen and oxygen atoms in total. The molecule has 3 saturated heterocycles. The number of rotatable bonds is 4. The van der Waals surface area contributed by atoms with Crippen LogP contribution in [-0.2, 0) is 11.8 Å². The zero-order valence-electron chi connectivity index (χ0n) is 22.7. The van der Waals surface area contributed by atoms with E-state index in [0.29, 0.717) is 59.3 Å². The minimum absolute atomic E-state index is 0.0987. The number of hydrogen-bond donors (Lipinski definition) is 2. The monoisotopic (exact) mass is 585 g/mol. The van der Waals surface area contributed by atoms with Gasteiger partial charge < -0.3 is 29.7 Å². The molecule has 2 bridgehead atoms. The summed E-state index contributed by atoms with van der Waals surface area (Å²) >= 11 is 6.51. The van der Waals surface area contributed by atoms with Crippen LogP contribution in [-0.4, -0.2) is 70.1 Å². The van der Waals surface area contributed by atoms with Gasteiger partial charge in [-0.3, -0.25) is 9.59 Å². The van der Waals surface area contributed by atoms with Crippen molar-refractivity contribution in [2.24, 2.45) is 18.9 Å². The highest BCUT2D eigenvalue weighted by molar-refractivity contribution is 6.33. The summed E-state index contributed by atoms with van der Waals surface area (Å²) in [5.74, 6) is -2.51. The largest absolute Gasteiger partial charge is 0.480 e. The number of alkyl halides is 2. The van der Waals surface area contributed by atoms with E-state index in [1.807, 2.05) is 7.05 Å². The normalized spacial score (nSPS) is 25.3. The minimum Gasteiger partial charge on any atom is -0.480 e. The van der Waals surface area contributed by atoms with E-state index in [1.54, 1.807) is 30.1 Å². The van der Waals surface area contributed by atoms with Crippen molar-refractivity contribution < 1.29 is 18.3 Å². The van der Waals surface area contributed by atoms with Crippen LogP contribution in [0.1, 0.15) is 25.7 Å². The second-order valence-corrected chi connectivity index (χ2v) is 12.0. The summed E-state index contributed by atoms with van der Waals surface area (Å²) in [5, 5.41) is 7.11. The number of ether oxygens (including phenoxy) is 1. The number of benzene rings is 1.